The fourth-order valence-electron chi connectivity index (χ4n) is 3.70. The van der Waals surface area contributed by atoms with E-state index in [1.54, 1.807) is 0 Å². The number of hydrogen-bond donors (Lipinski definition) is 0. The van der Waals surface area contributed by atoms with E-state index in [0.29, 0.717) is 26.4 Å². The van der Waals surface area contributed by atoms with Crippen LogP contribution in [0.15, 0.2) is 24.3 Å². The van der Waals surface area contributed by atoms with Crippen LogP contribution in [0.5, 0.6) is 0 Å². The Kier molecular flexibility index (Phi) is 9.30. The van der Waals surface area contributed by atoms with E-state index in [9.17, 15) is 9.13 Å². The number of benzene rings is 2. The quantitative estimate of drug-likeness (QED) is 0.321. The highest BCUT2D eigenvalue weighted by Crippen LogP contribution is 2.55. The van der Waals surface area contributed by atoms with Crippen molar-refractivity contribution in [2.24, 2.45) is 0 Å². The molecule has 2 aromatic carbocycles. The zero-order valence-electron chi connectivity index (χ0n) is 18.9. The van der Waals surface area contributed by atoms with Gasteiger partial charge in [-0.15, -0.1) is 0 Å². The van der Waals surface area contributed by atoms with Crippen molar-refractivity contribution in [1.82, 2.24) is 0 Å². The van der Waals surface area contributed by atoms with Crippen LogP contribution in [0.25, 0.3) is 10.8 Å². The largest absolute Gasteiger partial charge is 0.335 e. The Balaban J connectivity index is 2.65. The second-order valence-corrected chi connectivity index (χ2v) is 11.1. The Hall–Kier alpha value is -1.00. The summed E-state index contributed by atoms with van der Waals surface area (Å²) < 4.78 is 48.7. The van der Waals surface area contributed by atoms with Crippen LogP contribution >= 0.6 is 15.2 Å². The first-order chi connectivity index (χ1) is 14.2. The van der Waals surface area contributed by atoms with E-state index in [4.69, 9.17) is 18.1 Å². The first-order valence-electron chi connectivity index (χ1n) is 10.5. The summed E-state index contributed by atoms with van der Waals surface area (Å²) in [5.74, 6) is 0. The number of fused-ring (bicyclic) bond motifs is 1. The fourth-order valence-corrected chi connectivity index (χ4v) is 7.38. The van der Waals surface area contributed by atoms with E-state index < -0.39 is 15.2 Å². The van der Waals surface area contributed by atoms with Crippen LogP contribution in [0.2, 0.25) is 0 Å². The van der Waals surface area contributed by atoms with E-state index in [2.05, 4.69) is 0 Å². The van der Waals surface area contributed by atoms with Crippen LogP contribution in [0, 0.1) is 13.8 Å². The van der Waals surface area contributed by atoms with Crippen molar-refractivity contribution in [3.05, 3.63) is 46.5 Å². The van der Waals surface area contributed by atoms with Gasteiger partial charge in [0.25, 0.3) is 0 Å². The lowest BCUT2D eigenvalue weighted by atomic mass is 9.92. The molecule has 168 valence electrons. The summed E-state index contributed by atoms with van der Waals surface area (Å²) in [5.41, 5.74) is 3.84. The molecule has 8 heteroatoms. The lowest BCUT2D eigenvalue weighted by Gasteiger charge is -2.24. The molecule has 0 fully saturated rings. The Morgan fingerprint density at radius 3 is 1.20 bits per heavy atom. The normalized spacial score (nSPS) is 12.6. The number of rotatable bonds is 12. The van der Waals surface area contributed by atoms with Crippen LogP contribution in [0.4, 0.5) is 0 Å². The highest BCUT2D eigenvalue weighted by atomic mass is 31.2. The van der Waals surface area contributed by atoms with Crippen molar-refractivity contribution in [2.45, 2.75) is 53.9 Å². The Labute approximate surface area is 180 Å². The van der Waals surface area contributed by atoms with Crippen molar-refractivity contribution in [3.8, 4) is 0 Å². The molecule has 2 aromatic rings. The molecule has 0 unspecified atom stereocenters. The Bertz CT molecular complexity index is 860. The molecule has 2 rings (SSSR count). The predicted molar refractivity (Wildman–Crippen MR) is 123 cm³/mol. The van der Waals surface area contributed by atoms with Crippen LogP contribution in [0.1, 0.15) is 49.9 Å². The Morgan fingerprint density at radius 1 is 0.633 bits per heavy atom. The van der Waals surface area contributed by atoms with Gasteiger partial charge in [-0.3, -0.25) is 9.13 Å². The zero-order valence-corrected chi connectivity index (χ0v) is 20.7. The second-order valence-electron chi connectivity index (χ2n) is 6.96. The van der Waals surface area contributed by atoms with Gasteiger partial charge in [0.2, 0.25) is 0 Å². The van der Waals surface area contributed by atoms with Gasteiger partial charge in [0.05, 0.1) is 38.8 Å². The second kappa shape index (κ2) is 11.0. The zero-order chi connectivity index (χ0) is 22.4. The minimum Gasteiger partial charge on any atom is -0.309 e. The highest BCUT2D eigenvalue weighted by Gasteiger charge is 2.30. The molecule has 0 heterocycles. The standard InChI is InChI=1S/C22H34O6P2/c1-7-25-29(23,26-8-2)15-21-17(5)18(6)22(20-14-12-11-13-19(20)21)16-30(24,27-9-3)28-10-4/h11-14H,7-10,15-16H2,1-6H3. The third kappa shape index (κ3) is 5.82. The summed E-state index contributed by atoms with van der Waals surface area (Å²) in [6.07, 6.45) is 0.382. The minimum atomic E-state index is -3.27. The maximum Gasteiger partial charge on any atom is 0.335 e. The van der Waals surface area contributed by atoms with Crippen molar-refractivity contribution in [1.29, 1.82) is 0 Å². The molecule has 0 aromatic heterocycles. The van der Waals surface area contributed by atoms with Crippen LogP contribution in [-0.2, 0) is 39.5 Å². The molecular formula is C22H34O6P2. The molecule has 0 spiro atoms. The van der Waals surface area contributed by atoms with Gasteiger partial charge in [0.15, 0.2) is 0 Å². The molecule has 30 heavy (non-hydrogen) atoms. The van der Waals surface area contributed by atoms with Crippen molar-refractivity contribution < 1.29 is 27.2 Å². The third-order valence-electron chi connectivity index (χ3n) is 5.05. The summed E-state index contributed by atoms with van der Waals surface area (Å²) in [6, 6.07) is 7.88. The summed E-state index contributed by atoms with van der Waals surface area (Å²) in [4.78, 5) is 0. The third-order valence-corrected chi connectivity index (χ3v) is 9.07. The minimum absolute atomic E-state index is 0.191. The molecule has 0 saturated carbocycles. The molecule has 0 aliphatic heterocycles. The molecule has 6 nitrogen and oxygen atoms in total. The van der Waals surface area contributed by atoms with Crippen molar-refractivity contribution >= 4 is 26.0 Å². The molecule has 0 aliphatic rings. The summed E-state index contributed by atoms with van der Waals surface area (Å²) in [6.45, 7) is 12.5. The van der Waals surface area contributed by atoms with Crippen LogP contribution < -0.4 is 0 Å². The molecule has 0 atom stereocenters. The molecule has 0 radical (unpaired) electrons. The van der Waals surface area contributed by atoms with Gasteiger partial charge in [0, 0.05) is 0 Å². The SMILES string of the molecule is CCOP(=O)(Cc1c(C)c(C)c(CP(=O)(OCC)OCC)c2ccccc12)OCC. The van der Waals surface area contributed by atoms with Gasteiger partial charge in [-0.2, -0.15) is 0 Å². The molecule has 0 saturated heterocycles. The van der Waals surface area contributed by atoms with Crippen molar-refractivity contribution in [2.75, 3.05) is 26.4 Å². The fraction of sp³-hybridized carbons (Fsp3) is 0.545. The van der Waals surface area contributed by atoms with Gasteiger partial charge >= 0.3 is 15.2 Å². The van der Waals surface area contributed by atoms with E-state index in [1.165, 1.54) is 0 Å². The average Bonchev–Trinajstić information content (AvgIpc) is 2.69. The molecular weight excluding hydrogens is 422 g/mol. The van der Waals surface area contributed by atoms with Crippen molar-refractivity contribution in [3.63, 3.8) is 0 Å². The van der Waals surface area contributed by atoms with Gasteiger partial charge in [0.1, 0.15) is 0 Å². The maximum absolute atomic E-state index is 13.2. The summed E-state index contributed by atoms with van der Waals surface area (Å²) >= 11 is 0. The van der Waals surface area contributed by atoms with E-state index in [0.717, 1.165) is 33.0 Å². The highest BCUT2D eigenvalue weighted by molar-refractivity contribution is 7.53. The molecule has 0 N–H and O–H groups in total. The maximum atomic E-state index is 13.2. The number of hydrogen-bond acceptors (Lipinski definition) is 6. The summed E-state index contributed by atoms with van der Waals surface area (Å²) in [7, 11) is -6.55. The monoisotopic (exact) mass is 456 g/mol. The van der Waals surface area contributed by atoms with E-state index >= 15 is 0 Å². The lowest BCUT2D eigenvalue weighted by Crippen LogP contribution is -2.06. The smallest absolute Gasteiger partial charge is 0.309 e. The Morgan fingerprint density at radius 2 is 0.933 bits per heavy atom. The predicted octanol–water partition coefficient (Wildman–Crippen LogP) is 6.99. The summed E-state index contributed by atoms with van der Waals surface area (Å²) in [5, 5.41) is 1.91. The van der Waals surface area contributed by atoms with Gasteiger partial charge < -0.3 is 18.1 Å². The van der Waals surface area contributed by atoms with Crippen LogP contribution in [0.3, 0.4) is 0 Å². The van der Waals surface area contributed by atoms with Crippen LogP contribution in [-0.4, -0.2) is 26.4 Å². The van der Waals surface area contributed by atoms with E-state index in [1.807, 2.05) is 65.8 Å². The van der Waals surface area contributed by atoms with Gasteiger partial charge in [-0.25, -0.2) is 0 Å². The lowest BCUT2D eigenvalue weighted by molar-refractivity contribution is 0.218. The van der Waals surface area contributed by atoms with Gasteiger partial charge in [-0.1, -0.05) is 24.3 Å². The first kappa shape index (κ1) is 25.3. The molecule has 0 bridgehead atoms. The molecule has 0 aliphatic carbocycles. The first-order valence-corrected chi connectivity index (χ1v) is 14.0. The topological polar surface area (TPSA) is 71.1 Å². The average molecular weight is 456 g/mol. The molecule has 0 amide bonds. The van der Waals surface area contributed by atoms with E-state index in [-0.39, 0.29) is 12.3 Å². The van der Waals surface area contributed by atoms with Gasteiger partial charge in [-0.05, 0) is 74.6 Å².